The number of nitrogens with one attached hydrogen (secondary N) is 1. The molecule has 3 N–H and O–H groups in total. The van der Waals surface area contributed by atoms with Gasteiger partial charge in [0, 0.05) is 32.2 Å². The first kappa shape index (κ1) is 26.9. The Morgan fingerprint density at radius 2 is 2.00 bits per heavy atom. The van der Waals surface area contributed by atoms with Gasteiger partial charge in [-0.1, -0.05) is 38.8 Å². The smallest absolute Gasteiger partial charge is 0.548 e. The molecule has 0 saturated carbocycles. The minimum atomic E-state index is -1.14. The molecule has 6 nitrogen and oxygen atoms in total. The Morgan fingerprint density at radius 1 is 1.33 bits per heavy atom. The zero-order chi connectivity index (χ0) is 17.7. The Labute approximate surface area is 189 Å². The minimum Gasteiger partial charge on any atom is -0.548 e. The van der Waals surface area contributed by atoms with Crippen molar-refractivity contribution >= 4 is 5.97 Å². The third-order valence-electron chi connectivity index (χ3n) is 3.75. The third kappa shape index (κ3) is 13.9. The van der Waals surface area contributed by atoms with E-state index in [0.29, 0.717) is 32.6 Å². The first-order chi connectivity index (χ1) is 10.9. The van der Waals surface area contributed by atoms with Crippen LogP contribution in [-0.4, -0.2) is 65.5 Å². The van der Waals surface area contributed by atoms with Gasteiger partial charge in [-0.25, -0.2) is 0 Å². The van der Waals surface area contributed by atoms with Crippen molar-refractivity contribution in [2.75, 3.05) is 26.2 Å². The molecule has 0 radical (unpaired) electrons. The van der Waals surface area contributed by atoms with Crippen LogP contribution in [0.2, 0.25) is 0 Å². The number of carboxylic acid groups (broad SMARTS) is 1. The maximum Gasteiger partial charge on any atom is 1.00 e. The Kier molecular flexibility index (Phi) is 19.2. The van der Waals surface area contributed by atoms with E-state index in [9.17, 15) is 20.1 Å². The first-order valence-corrected chi connectivity index (χ1v) is 8.60. The molecule has 7 heteroatoms. The molecule has 0 saturated heterocycles. The third-order valence-corrected chi connectivity index (χ3v) is 3.75. The number of nitrogens with zero attached hydrogens (tertiary/aromatic N) is 1. The topological polar surface area (TPSA) is 95.9 Å². The fourth-order valence-corrected chi connectivity index (χ4v) is 2.23. The van der Waals surface area contributed by atoms with E-state index in [0.717, 1.165) is 19.3 Å². The summed E-state index contributed by atoms with van der Waals surface area (Å²) in [4.78, 5) is 12.8. The number of carboxylic acids is 1. The molecule has 0 aromatic carbocycles. The second-order valence-electron chi connectivity index (χ2n) is 5.89. The Bertz CT molecular complexity index is 343. The van der Waals surface area contributed by atoms with Crippen molar-refractivity contribution < 1.29 is 71.5 Å². The summed E-state index contributed by atoms with van der Waals surface area (Å²) in [5.41, 5.74) is 0. The number of aliphatic hydroxyl groups is 2. The number of hydrogen-bond donors (Lipinski definition) is 3. The quantitative estimate of drug-likeness (QED) is 0.171. The second-order valence-corrected chi connectivity index (χ2v) is 5.89. The molecule has 0 amide bonds. The summed E-state index contributed by atoms with van der Waals surface area (Å²) in [6.45, 7) is 7.37. The average Bonchev–Trinajstić information content (AvgIpc) is 2.52. The zero-order valence-electron chi connectivity index (χ0n) is 15.7. The van der Waals surface area contributed by atoms with Crippen LogP contribution >= 0.6 is 0 Å². The molecule has 136 valence electrons. The number of carbonyl (C=O) groups excluding carboxylic acids is 1. The predicted octanol–water partition coefficient (Wildman–Crippen LogP) is -3.10. The summed E-state index contributed by atoms with van der Waals surface area (Å²) in [5.74, 6) is -1.14. The fraction of sp³-hybridized carbons (Fsp3) is 0.824. The molecule has 0 aromatic heterocycles. The molecule has 0 fully saturated rings. The minimum absolute atomic E-state index is 0. The number of rotatable bonds is 14. The summed E-state index contributed by atoms with van der Waals surface area (Å²) in [7, 11) is 0. The van der Waals surface area contributed by atoms with Crippen molar-refractivity contribution in [1.82, 2.24) is 10.2 Å². The summed E-state index contributed by atoms with van der Waals surface area (Å²) >= 11 is 0. The molecule has 0 heterocycles. The van der Waals surface area contributed by atoms with Crippen LogP contribution in [0.3, 0.4) is 0 Å². The first-order valence-electron chi connectivity index (χ1n) is 8.60. The molecular formula is C17H33KN2O4. The SMILES string of the molecule is CC/C=C/C(O)CNCCN(CC(O)CCCC)C(C)C(=O)[O-].[K+]. The standard InChI is InChI=1S/C17H34N2O4.K/c1-4-6-8-15(20)12-18-10-11-19(14(3)17(22)23)13-16(21)9-7-5-2;/h6,8,14-16,18,20-21H,4-5,7,9-13H2,1-3H3,(H,22,23);/q;+1/p-1/b8-6+;. The van der Waals surface area contributed by atoms with Gasteiger partial charge >= 0.3 is 51.4 Å². The van der Waals surface area contributed by atoms with Crippen molar-refractivity contribution in [1.29, 1.82) is 0 Å². The van der Waals surface area contributed by atoms with Crippen LogP contribution in [0.25, 0.3) is 0 Å². The van der Waals surface area contributed by atoms with Crippen molar-refractivity contribution in [3.63, 3.8) is 0 Å². The molecule has 3 atom stereocenters. The van der Waals surface area contributed by atoms with Crippen molar-refractivity contribution in [3.8, 4) is 0 Å². The fourth-order valence-electron chi connectivity index (χ4n) is 2.23. The number of hydrogen-bond acceptors (Lipinski definition) is 6. The van der Waals surface area contributed by atoms with Gasteiger partial charge in [0.1, 0.15) is 0 Å². The predicted molar refractivity (Wildman–Crippen MR) is 89.9 cm³/mol. The molecular weight excluding hydrogens is 335 g/mol. The number of allylic oxidation sites excluding steroid dienone is 1. The molecule has 0 aliphatic rings. The summed E-state index contributed by atoms with van der Waals surface area (Å²) in [6.07, 6.45) is 6.03. The van der Waals surface area contributed by atoms with E-state index >= 15 is 0 Å². The molecule has 3 unspecified atom stereocenters. The van der Waals surface area contributed by atoms with Gasteiger partial charge in [-0.2, -0.15) is 0 Å². The van der Waals surface area contributed by atoms with Crippen LogP contribution in [0.1, 0.15) is 46.5 Å². The normalized spacial score (nSPS) is 15.2. The van der Waals surface area contributed by atoms with E-state index < -0.39 is 24.2 Å². The average molecular weight is 369 g/mol. The Morgan fingerprint density at radius 3 is 2.54 bits per heavy atom. The van der Waals surface area contributed by atoms with E-state index in [4.69, 9.17) is 0 Å². The van der Waals surface area contributed by atoms with Gasteiger partial charge in [0.05, 0.1) is 18.2 Å². The maximum atomic E-state index is 11.1. The van der Waals surface area contributed by atoms with Gasteiger partial charge in [0.2, 0.25) is 0 Å². The van der Waals surface area contributed by atoms with Crippen molar-refractivity contribution in [2.45, 2.75) is 64.7 Å². The van der Waals surface area contributed by atoms with Gasteiger partial charge in [-0.15, -0.1) is 0 Å². The molecule has 0 aliphatic carbocycles. The summed E-state index contributed by atoms with van der Waals surface area (Å²) in [5, 5.41) is 33.9. The summed E-state index contributed by atoms with van der Waals surface area (Å²) < 4.78 is 0. The van der Waals surface area contributed by atoms with Crippen LogP contribution in [-0.2, 0) is 4.79 Å². The Hall–Kier alpha value is 0.686. The van der Waals surface area contributed by atoms with Crippen molar-refractivity contribution in [3.05, 3.63) is 12.2 Å². The Balaban J connectivity index is 0. The molecule has 0 aromatic rings. The maximum absolute atomic E-state index is 11.1. The molecule has 0 rings (SSSR count). The number of aliphatic hydroxyl groups excluding tert-OH is 2. The molecule has 0 aliphatic heterocycles. The van der Waals surface area contributed by atoms with Crippen LogP contribution < -0.4 is 61.8 Å². The monoisotopic (exact) mass is 368 g/mol. The van der Waals surface area contributed by atoms with Gasteiger partial charge in [-0.3, -0.25) is 4.90 Å². The molecule has 24 heavy (non-hydrogen) atoms. The van der Waals surface area contributed by atoms with Crippen LogP contribution in [0.15, 0.2) is 12.2 Å². The largest absolute Gasteiger partial charge is 1.00 e. The van der Waals surface area contributed by atoms with E-state index in [1.807, 2.05) is 13.0 Å². The zero-order valence-corrected chi connectivity index (χ0v) is 18.8. The van der Waals surface area contributed by atoms with Crippen LogP contribution in [0.4, 0.5) is 0 Å². The van der Waals surface area contributed by atoms with E-state index in [1.54, 1.807) is 17.9 Å². The molecule has 0 bridgehead atoms. The van der Waals surface area contributed by atoms with Crippen molar-refractivity contribution in [2.24, 2.45) is 0 Å². The van der Waals surface area contributed by atoms with E-state index in [1.165, 1.54) is 0 Å². The second kappa shape index (κ2) is 17.1. The number of carbonyl (C=O) groups is 1. The van der Waals surface area contributed by atoms with Gasteiger partial charge in [0.15, 0.2) is 0 Å². The van der Waals surface area contributed by atoms with Crippen LogP contribution in [0.5, 0.6) is 0 Å². The van der Waals surface area contributed by atoms with Gasteiger partial charge in [0.25, 0.3) is 0 Å². The van der Waals surface area contributed by atoms with Crippen LogP contribution in [0, 0.1) is 0 Å². The van der Waals surface area contributed by atoms with E-state index in [2.05, 4.69) is 12.2 Å². The number of aliphatic carboxylic acids is 1. The number of unbranched alkanes of at least 4 members (excludes halogenated alkanes) is 1. The van der Waals surface area contributed by atoms with Gasteiger partial charge < -0.3 is 25.4 Å². The van der Waals surface area contributed by atoms with Gasteiger partial charge in [-0.05, 0) is 19.8 Å². The van der Waals surface area contributed by atoms with E-state index in [-0.39, 0.29) is 51.4 Å². The summed E-state index contributed by atoms with van der Waals surface area (Å²) in [6, 6.07) is -0.752. The molecule has 0 spiro atoms.